The van der Waals surface area contributed by atoms with Crippen LogP contribution in [0.15, 0.2) is 36.4 Å². The van der Waals surface area contributed by atoms with Gasteiger partial charge in [0.05, 0.1) is 22.0 Å². The van der Waals surface area contributed by atoms with Crippen LogP contribution in [0.1, 0.15) is 31.1 Å². The quantitative estimate of drug-likeness (QED) is 0.747. The summed E-state index contributed by atoms with van der Waals surface area (Å²) in [5.41, 5.74) is -0.653. The van der Waals surface area contributed by atoms with E-state index in [2.05, 4.69) is 5.32 Å². The molecule has 1 unspecified atom stereocenters. The minimum absolute atomic E-state index is 0.0108. The highest BCUT2D eigenvalue weighted by Gasteiger charge is 2.44. The van der Waals surface area contributed by atoms with Gasteiger partial charge in [0, 0.05) is 5.02 Å². The zero-order valence-electron chi connectivity index (χ0n) is 15.8. The third-order valence-electron chi connectivity index (χ3n) is 4.52. The second kappa shape index (κ2) is 7.57. The van der Waals surface area contributed by atoms with Gasteiger partial charge in [-0.2, -0.15) is 0 Å². The van der Waals surface area contributed by atoms with Crippen LogP contribution in [0.2, 0.25) is 10.0 Å². The van der Waals surface area contributed by atoms with Gasteiger partial charge in [-0.3, -0.25) is 14.5 Å². The Hall–Kier alpha value is -2.77. The molecule has 2 amide bonds. The molecule has 9 heteroatoms. The van der Waals surface area contributed by atoms with Crippen molar-refractivity contribution in [1.82, 2.24) is 0 Å². The second-order valence-electron chi connectivity index (χ2n) is 7.06. The van der Waals surface area contributed by atoms with Gasteiger partial charge >= 0.3 is 5.97 Å². The summed E-state index contributed by atoms with van der Waals surface area (Å²) in [6, 6.07) is 7.84. The van der Waals surface area contributed by atoms with E-state index in [0.29, 0.717) is 21.4 Å². The lowest BCUT2D eigenvalue weighted by molar-refractivity contribution is -0.134. The first-order valence-corrected chi connectivity index (χ1v) is 9.43. The molecule has 29 heavy (non-hydrogen) atoms. The van der Waals surface area contributed by atoms with Crippen LogP contribution in [0.5, 0.6) is 5.75 Å². The normalized spacial score (nSPS) is 15.9. The van der Waals surface area contributed by atoms with Crippen molar-refractivity contribution in [1.29, 1.82) is 0 Å². The van der Waals surface area contributed by atoms with Crippen LogP contribution >= 0.6 is 23.2 Å². The van der Waals surface area contributed by atoms with Gasteiger partial charge < -0.3 is 15.2 Å². The molecule has 152 valence electrons. The lowest BCUT2D eigenvalue weighted by Gasteiger charge is -2.41. The maximum atomic E-state index is 13.0. The van der Waals surface area contributed by atoms with Gasteiger partial charge in [-0.1, -0.05) is 23.2 Å². The molecule has 1 heterocycles. The van der Waals surface area contributed by atoms with Gasteiger partial charge in [-0.25, -0.2) is 4.79 Å². The van der Waals surface area contributed by atoms with E-state index in [0.717, 1.165) is 0 Å². The Morgan fingerprint density at radius 1 is 1.17 bits per heavy atom. The van der Waals surface area contributed by atoms with Crippen LogP contribution in [0.4, 0.5) is 11.4 Å². The molecule has 0 fully saturated rings. The van der Waals surface area contributed by atoms with E-state index in [-0.39, 0.29) is 11.3 Å². The number of carbonyl (C=O) groups is 3. The van der Waals surface area contributed by atoms with E-state index in [9.17, 15) is 19.5 Å². The predicted molar refractivity (Wildman–Crippen MR) is 110 cm³/mol. The minimum atomic E-state index is -1.29. The molecule has 3 rings (SSSR count). The Morgan fingerprint density at radius 3 is 2.52 bits per heavy atom. The molecule has 0 saturated heterocycles. The zero-order valence-corrected chi connectivity index (χ0v) is 17.3. The first-order valence-electron chi connectivity index (χ1n) is 8.67. The molecular weight excluding hydrogens is 419 g/mol. The lowest BCUT2D eigenvalue weighted by Crippen LogP contribution is -2.57. The van der Waals surface area contributed by atoms with Gasteiger partial charge in [0.25, 0.3) is 5.91 Å². The molecule has 2 N–H and O–H groups in total. The molecule has 0 aromatic heterocycles. The van der Waals surface area contributed by atoms with Crippen molar-refractivity contribution < 1.29 is 24.2 Å². The molecule has 7 nitrogen and oxygen atoms in total. The summed E-state index contributed by atoms with van der Waals surface area (Å²) in [7, 11) is 0. The summed E-state index contributed by atoms with van der Waals surface area (Å²) in [5.74, 6) is -1.85. The summed E-state index contributed by atoms with van der Waals surface area (Å²) >= 11 is 12.1. The van der Waals surface area contributed by atoms with E-state index in [1.54, 1.807) is 32.9 Å². The molecule has 1 aliphatic heterocycles. The van der Waals surface area contributed by atoms with Crippen LogP contribution in [0, 0.1) is 0 Å². The highest BCUT2D eigenvalue weighted by molar-refractivity contribution is 6.35. The zero-order chi connectivity index (χ0) is 21.5. The Kier molecular flexibility index (Phi) is 5.47. The fourth-order valence-electron chi connectivity index (χ4n) is 2.98. The number of nitrogens with zero attached hydrogens (tertiary/aromatic N) is 1. The third kappa shape index (κ3) is 4.02. The van der Waals surface area contributed by atoms with Crippen molar-refractivity contribution >= 4 is 52.4 Å². The number of benzene rings is 2. The SMILES string of the molecule is CC(C(=O)Nc1cc(Cl)ccc1Cl)N1C(=O)C(C)(C)Oc2cc(C(=O)O)ccc21. The van der Waals surface area contributed by atoms with E-state index in [4.69, 9.17) is 27.9 Å². The summed E-state index contributed by atoms with van der Waals surface area (Å²) in [5, 5.41) is 12.6. The van der Waals surface area contributed by atoms with Crippen molar-refractivity contribution in [3.8, 4) is 5.75 Å². The molecule has 0 spiro atoms. The molecular formula is C20H18Cl2N2O5. The highest BCUT2D eigenvalue weighted by atomic mass is 35.5. The molecule has 1 aliphatic rings. The average Bonchev–Trinajstić information content (AvgIpc) is 2.64. The molecule has 0 bridgehead atoms. The molecule has 2 aromatic rings. The van der Waals surface area contributed by atoms with E-state index >= 15 is 0 Å². The number of carboxylic acids is 1. The fourth-order valence-corrected chi connectivity index (χ4v) is 3.32. The number of carboxylic acid groups (broad SMARTS) is 1. The van der Waals surface area contributed by atoms with Gasteiger partial charge in [-0.15, -0.1) is 0 Å². The monoisotopic (exact) mass is 436 g/mol. The van der Waals surface area contributed by atoms with E-state index < -0.39 is 29.4 Å². The van der Waals surface area contributed by atoms with Crippen LogP contribution in [0.25, 0.3) is 0 Å². The number of ether oxygens (including phenoxy) is 1. The highest BCUT2D eigenvalue weighted by Crippen LogP contribution is 2.40. The summed E-state index contributed by atoms with van der Waals surface area (Å²) < 4.78 is 5.71. The summed E-state index contributed by atoms with van der Waals surface area (Å²) in [6.45, 7) is 4.66. The van der Waals surface area contributed by atoms with Crippen LogP contribution in [-0.2, 0) is 9.59 Å². The van der Waals surface area contributed by atoms with Crippen molar-refractivity contribution in [3.63, 3.8) is 0 Å². The Morgan fingerprint density at radius 2 is 1.86 bits per heavy atom. The number of carbonyl (C=O) groups excluding carboxylic acids is 2. The fraction of sp³-hybridized carbons (Fsp3) is 0.250. The Balaban J connectivity index is 1.97. The summed E-state index contributed by atoms with van der Waals surface area (Å²) in [4.78, 5) is 38.4. The Labute approximate surface area is 177 Å². The number of fused-ring (bicyclic) bond motifs is 1. The van der Waals surface area contributed by atoms with Crippen molar-refractivity contribution in [3.05, 3.63) is 52.0 Å². The van der Waals surface area contributed by atoms with Crippen molar-refractivity contribution in [2.45, 2.75) is 32.4 Å². The molecule has 0 radical (unpaired) electrons. The van der Waals surface area contributed by atoms with Gasteiger partial charge in [-0.05, 0) is 57.2 Å². The predicted octanol–water partition coefficient (Wildman–Crippen LogP) is 4.22. The standard InChI is InChI=1S/C20H18Cl2N2O5/c1-10(17(25)23-14-9-12(21)5-6-13(14)22)24-15-7-4-11(18(26)27)8-16(15)29-20(2,3)19(24)28/h4-10H,1-3H3,(H,23,25)(H,26,27). The number of hydrogen-bond acceptors (Lipinski definition) is 4. The Bertz CT molecular complexity index is 1020. The number of aromatic carboxylic acids is 1. The number of halogens is 2. The van der Waals surface area contributed by atoms with E-state index in [1.165, 1.54) is 29.2 Å². The topological polar surface area (TPSA) is 95.9 Å². The molecule has 0 saturated carbocycles. The first kappa shape index (κ1) is 21.0. The number of anilines is 2. The molecule has 0 aliphatic carbocycles. The maximum absolute atomic E-state index is 13.0. The van der Waals surface area contributed by atoms with Crippen LogP contribution in [0.3, 0.4) is 0 Å². The smallest absolute Gasteiger partial charge is 0.335 e. The second-order valence-corrected chi connectivity index (χ2v) is 7.91. The largest absolute Gasteiger partial charge is 0.478 e. The summed E-state index contributed by atoms with van der Waals surface area (Å²) in [6.07, 6.45) is 0. The van der Waals surface area contributed by atoms with Gasteiger partial charge in [0.2, 0.25) is 5.91 Å². The maximum Gasteiger partial charge on any atom is 0.335 e. The molecule has 2 aromatic carbocycles. The van der Waals surface area contributed by atoms with E-state index in [1.807, 2.05) is 0 Å². The molecule has 1 atom stereocenters. The number of hydrogen-bond donors (Lipinski definition) is 2. The lowest BCUT2D eigenvalue weighted by atomic mass is 10.0. The van der Waals surface area contributed by atoms with Crippen LogP contribution < -0.4 is 15.0 Å². The minimum Gasteiger partial charge on any atom is -0.478 e. The van der Waals surface area contributed by atoms with Gasteiger partial charge in [0.1, 0.15) is 11.8 Å². The number of rotatable bonds is 4. The van der Waals surface area contributed by atoms with Crippen molar-refractivity contribution in [2.75, 3.05) is 10.2 Å². The number of amides is 2. The average molecular weight is 437 g/mol. The third-order valence-corrected chi connectivity index (χ3v) is 5.08. The van der Waals surface area contributed by atoms with Gasteiger partial charge in [0.15, 0.2) is 5.60 Å². The van der Waals surface area contributed by atoms with Crippen LogP contribution in [-0.4, -0.2) is 34.5 Å². The number of nitrogens with one attached hydrogen (secondary N) is 1. The first-order chi connectivity index (χ1) is 13.5. The van der Waals surface area contributed by atoms with Crippen molar-refractivity contribution in [2.24, 2.45) is 0 Å².